The molecule has 18 heavy (non-hydrogen) atoms. The number of rotatable bonds is 3. The van der Waals surface area contributed by atoms with Crippen LogP contribution < -0.4 is 4.74 Å². The average Bonchev–Trinajstić information content (AvgIpc) is 2.34. The molecule has 2 rings (SSSR count). The van der Waals surface area contributed by atoms with E-state index in [9.17, 15) is 9.18 Å². The van der Waals surface area contributed by atoms with Gasteiger partial charge in [0.2, 0.25) is 5.88 Å². The number of aromatic carboxylic acids is 1. The van der Waals surface area contributed by atoms with Crippen molar-refractivity contribution in [3.8, 4) is 11.6 Å². The van der Waals surface area contributed by atoms with E-state index >= 15 is 0 Å². The van der Waals surface area contributed by atoms with Crippen molar-refractivity contribution in [3.63, 3.8) is 0 Å². The number of carboxylic acid groups (broad SMARTS) is 1. The number of nitrogens with zero attached hydrogens (tertiary/aromatic N) is 2. The van der Waals surface area contributed by atoms with Crippen LogP contribution in [-0.4, -0.2) is 21.0 Å². The van der Waals surface area contributed by atoms with Gasteiger partial charge in [-0.25, -0.2) is 19.2 Å². The lowest BCUT2D eigenvalue weighted by molar-refractivity contribution is 0.0690. The van der Waals surface area contributed by atoms with Gasteiger partial charge in [0, 0.05) is 0 Å². The molecule has 0 aliphatic carbocycles. The summed E-state index contributed by atoms with van der Waals surface area (Å²) in [6, 6.07) is 4.41. The Morgan fingerprint density at radius 2 is 2.11 bits per heavy atom. The molecule has 1 N–H and O–H groups in total. The van der Waals surface area contributed by atoms with E-state index in [1.54, 1.807) is 13.0 Å². The van der Waals surface area contributed by atoms with E-state index in [-0.39, 0.29) is 17.3 Å². The summed E-state index contributed by atoms with van der Waals surface area (Å²) in [7, 11) is 0. The third-order valence-corrected chi connectivity index (χ3v) is 2.15. The molecule has 0 radical (unpaired) electrons. The van der Waals surface area contributed by atoms with Crippen LogP contribution in [0.5, 0.6) is 11.6 Å². The van der Waals surface area contributed by atoms with Crippen molar-refractivity contribution >= 4 is 5.97 Å². The van der Waals surface area contributed by atoms with Crippen LogP contribution >= 0.6 is 0 Å². The molecule has 1 aromatic carbocycles. The quantitative estimate of drug-likeness (QED) is 0.902. The first kappa shape index (κ1) is 12.0. The van der Waals surface area contributed by atoms with Crippen LogP contribution in [0, 0.1) is 12.7 Å². The molecular formula is C12H9FN2O3. The van der Waals surface area contributed by atoms with Gasteiger partial charge in [-0.1, -0.05) is 6.07 Å². The molecule has 0 amide bonds. The minimum absolute atomic E-state index is 0.0207. The van der Waals surface area contributed by atoms with Gasteiger partial charge in [0.05, 0.1) is 12.4 Å². The maximum Gasteiger partial charge on any atom is 0.356 e. The van der Waals surface area contributed by atoms with Crippen molar-refractivity contribution in [2.45, 2.75) is 6.92 Å². The monoisotopic (exact) mass is 248 g/mol. The lowest BCUT2D eigenvalue weighted by Crippen LogP contribution is -2.01. The van der Waals surface area contributed by atoms with Crippen molar-refractivity contribution in [3.05, 3.63) is 47.7 Å². The van der Waals surface area contributed by atoms with Gasteiger partial charge in [-0.15, -0.1) is 0 Å². The van der Waals surface area contributed by atoms with Crippen molar-refractivity contribution in [2.75, 3.05) is 0 Å². The van der Waals surface area contributed by atoms with Gasteiger partial charge in [0.1, 0.15) is 0 Å². The first-order valence-electron chi connectivity index (χ1n) is 5.05. The number of hydrogen-bond donors (Lipinski definition) is 1. The lowest BCUT2D eigenvalue weighted by Gasteiger charge is -2.06. The van der Waals surface area contributed by atoms with E-state index in [0.29, 0.717) is 0 Å². The molecule has 0 bridgehead atoms. The fourth-order valence-electron chi connectivity index (χ4n) is 1.28. The number of halogens is 1. The van der Waals surface area contributed by atoms with Crippen LogP contribution in [0.4, 0.5) is 4.39 Å². The molecule has 6 heteroatoms. The second-order valence-electron chi connectivity index (χ2n) is 3.58. The lowest BCUT2D eigenvalue weighted by atomic mass is 10.2. The van der Waals surface area contributed by atoms with Gasteiger partial charge in [0.25, 0.3) is 0 Å². The topological polar surface area (TPSA) is 72.3 Å². The average molecular weight is 248 g/mol. The zero-order chi connectivity index (χ0) is 13.1. The first-order chi connectivity index (χ1) is 8.56. The largest absolute Gasteiger partial charge is 0.476 e. The minimum atomic E-state index is -1.18. The summed E-state index contributed by atoms with van der Waals surface area (Å²) >= 11 is 0. The molecule has 1 heterocycles. The molecule has 0 saturated heterocycles. The normalized spacial score (nSPS) is 10.1. The standard InChI is InChI=1S/C12H9FN2O3/c1-7-2-3-8(13)10(4-7)18-11-6-14-9(5-15-11)12(16)17/h2-6H,1H3,(H,16,17). The number of hydrogen-bond acceptors (Lipinski definition) is 4. The van der Waals surface area contributed by atoms with Gasteiger partial charge >= 0.3 is 5.97 Å². The summed E-state index contributed by atoms with van der Waals surface area (Å²) < 4.78 is 18.6. The SMILES string of the molecule is Cc1ccc(F)c(Oc2cnc(C(=O)O)cn2)c1. The molecule has 0 spiro atoms. The molecule has 1 aromatic heterocycles. The Labute approximate surface area is 102 Å². The van der Waals surface area contributed by atoms with E-state index < -0.39 is 11.8 Å². The summed E-state index contributed by atoms with van der Waals surface area (Å²) in [6.45, 7) is 1.80. The van der Waals surface area contributed by atoms with E-state index in [4.69, 9.17) is 9.84 Å². The number of benzene rings is 1. The summed E-state index contributed by atoms with van der Waals surface area (Å²) in [4.78, 5) is 17.9. The summed E-state index contributed by atoms with van der Waals surface area (Å²) in [6.07, 6.45) is 2.18. The molecule has 2 aromatic rings. The highest BCUT2D eigenvalue weighted by Gasteiger charge is 2.08. The van der Waals surface area contributed by atoms with E-state index in [0.717, 1.165) is 18.0 Å². The smallest absolute Gasteiger partial charge is 0.356 e. The Balaban J connectivity index is 2.23. The van der Waals surface area contributed by atoms with Gasteiger partial charge in [-0.2, -0.15) is 0 Å². The van der Waals surface area contributed by atoms with Gasteiger partial charge in [-0.05, 0) is 24.6 Å². The Morgan fingerprint density at radius 1 is 1.33 bits per heavy atom. The van der Waals surface area contributed by atoms with Gasteiger partial charge < -0.3 is 9.84 Å². The second-order valence-corrected chi connectivity index (χ2v) is 3.58. The second kappa shape index (κ2) is 4.79. The van der Waals surface area contributed by atoms with E-state index in [2.05, 4.69) is 9.97 Å². The molecule has 0 atom stereocenters. The van der Waals surface area contributed by atoms with Crippen LogP contribution in [0.15, 0.2) is 30.6 Å². The van der Waals surface area contributed by atoms with Crippen LogP contribution in [0.25, 0.3) is 0 Å². The number of carboxylic acids is 1. The Kier molecular flexibility index (Phi) is 3.18. The molecule has 0 unspecified atom stereocenters. The van der Waals surface area contributed by atoms with E-state index in [1.165, 1.54) is 12.1 Å². The van der Waals surface area contributed by atoms with E-state index in [1.807, 2.05) is 0 Å². The van der Waals surface area contributed by atoms with Crippen LogP contribution in [0.3, 0.4) is 0 Å². The minimum Gasteiger partial charge on any atom is -0.476 e. The van der Waals surface area contributed by atoms with Crippen LogP contribution in [0.1, 0.15) is 16.1 Å². The fourth-order valence-corrected chi connectivity index (χ4v) is 1.28. The number of ether oxygens (including phenoxy) is 1. The highest BCUT2D eigenvalue weighted by Crippen LogP contribution is 2.23. The van der Waals surface area contributed by atoms with Gasteiger partial charge in [-0.3, -0.25) is 0 Å². The van der Waals surface area contributed by atoms with Crippen molar-refractivity contribution in [1.29, 1.82) is 0 Å². The summed E-state index contributed by atoms with van der Waals surface area (Å²) in [5.41, 5.74) is 0.633. The van der Waals surface area contributed by atoms with Crippen LogP contribution in [0.2, 0.25) is 0 Å². The molecule has 92 valence electrons. The zero-order valence-corrected chi connectivity index (χ0v) is 9.42. The molecule has 0 saturated carbocycles. The van der Waals surface area contributed by atoms with Crippen molar-refractivity contribution in [1.82, 2.24) is 9.97 Å². The Hall–Kier alpha value is -2.50. The molecule has 5 nitrogen and oxygen atoms in total. The predicted molar refractivity (Wildman–Crippen MR) is 60.2 cm³/mol. The predicted octanol–water partition coefficient (Wildman–Crippen LogP) is 2.41. The molecular weight excluding hydrogens is 239 g/mol. The maximum absolute atomic E-state index is 13.4. The number of aryl methyl sites for hydroxylation is 1. The number of aromatic nitrogens is 2. The maximum atomic E-state index is 13.4. The Bertz CT molecular complexity index is 584. The van der Waals surface area contributed by atoms with Gasteiger partial charge in [0.15, 0.2) is 17.3 Å². The summed E-state index contributed by atoms with van der Waals surface area (Å²) in [5, 5.41) is 8.64. The zero-order valence-electron chi connectivity index (χ0n) is 9.42. The fraction of sp³-hybridized carbons (Fsp3) is 0.0833. The third-order valence-electron chi connectivity index (χ3n) is 2.15. The third kappa shape index (κ3) is 2.60. The highest BCUT2D eigenvalue weighted by atomic mass is 19.1. The highest BCUT2D eigenvalue weighted by molar-refractivity contribution is 5.84. The molecule has 0 fully saturated rings. The van der Waals surface area contributed by atoms with Crippen LogP contribution in [-0.2, 0) is 0 Å². The Morgan fingerprint density at radius 3 is 2.72 bits per heavy atom. The summed E-state index contributed by atoms with van der Waals surface area (Å²) in [5.74, 6) is -1.66. The number of carbonyl (C=O) groups is 1. The molecule has 0 aliphatic rings. The van der Waals surface area contributed by atoms with Crippen molar-refractivity contribution in [2.24, 2.45) is 0 Å². The molecule has 0 aliphatic heterocycles. The first-order valence-corrected chi connectivity index (χ1v) is 5.05. The van der Waals surface area contributed by atoms with Crippen molar-refractivity contribution < 1.29 is 19.0 Å².